The van der Waals surface area contributed by atoms with E-state index in [-0.39, 0.29) is 18.1 Å². The highest BCUT2D eigenvalue weighted by molar-refractivity contribution is 6.30. The molecule has 7 heteroatoms. The van der Waals surface area contributed by atoms with Crippen molar-refractivity contribution in [3.8, 4) is 11.3 Å². The summed E-state index contributed by atoms with van der Waals surface area (Å²) < 4.78 is 5.16. The van der Waals surface area contributed by atoms with Gasteiger partial charge in [0.25, 0.3) is 5.91 Å². The molecule has 0 aliphatic carbocycles. The monoisotopic (exact) mass is 323 g/mol. The van der Waals surface area contributed by atoms with Gasteiger partial charge in [-0.2, -0.15) is 0 Å². The molecule has 6 nitrogen and oxygen atoms in total. The van der Waals surface area contributed by atoms with Crippen LogP contribution in [-0.4, -0.2) is 54.4 Å². The lowest BCUT2D eigenvalue weighted by atomic mass is 10.1. The molecule has 0 saturated carbocycles. The molecule has 22 heavy (non-hydrogen) atoms. The summed E-state index contributed by atoms with van der Waals surface area (Å²) in [4.78, 5) is 13.8. The van der Waals surface area contributed by atoms with E-state index in [0.717, 1.165) is 5.56 Å². The normalized spacial score (nSPS) is 12.4. The van der Waals surface area contributed by atoms with E-state index < -0.39 is 6.10 Å². The molecule has 2 rings (SSSR count). The van der Waals surface area contributed by atoms with Gasteiger partial charge in [0.15, 0.2) is 11.5 Å². The van der Waals surface area contributed by atoms with Gasteiger partial charge in [-0.15, -0.1) is 0 Å². The Morgan fingerprint density at radius 2 is 2.09 bits per heavy atom. The molecule has 0 radical (unpaired) electrons. The zero-order valence-corrected chi connectivity index (χ0v) is 13.2. The van der Waals surface area contributed by atoms with Crippen molar-refractivity contribution in [2.24, 2.45) is 0 Å². The Labute approximate surface area is 133 Å². The van der Waals surface area contributed by atoms with Gasteiger partial charge in [-0.3, -0.25) is 4.79 Å². The van der Waals surface area contributed by atoms with Gasteiger partial charge < -0.3 is 19.8 Å². The molecule has 0 fully saturated rings. The number of carbonyl (C=O) groups excluding carboxylic acids is 1. The fourth-order valence-corrected chi connectivity index (χ4v) is 2.05. The highest BCUT2D eigenvalue weighted by atomic mass is 35.5. The Balaban J connectivity index is 1.96. The second-order valence-electron chi connectivity index (χ2n) is 5.21. The second kappa shape index (κ2) is 7.40. The lowest BCUT2D eigenvalue weighted by Crippen LogP contribution is -2.37. The zero-order valence-electron chi connectivity index (χ0n) is 12.4. The third-order valence-electron chi connectivity index (χ3n) is 2.95. The number of hydrogen-bond acceptors (Lipinski definition) is 5. The van der Waals surface area contributed by atoms with E-state index in [0.29, 0.717) is 17.3 Å². The Bertz CT molecular complexity index is 625. The van der Waals surface area contributed by atoms with Gasteiger partial charge in [0.2, 0.25) is 0 Å². The van der Waals surface area contributed by atoms with Gasteiger partial charge in [0.1, 0.15) is 0 Å². The molecule has 1 amide bonds. The molecular weight excluding hydrogens is 306 g/mol. The average Bonchev–Trinajstić information content (AvgIpc) is 2.94. The van der Waals surface area contributed by atoms with E-state index in [1.807, 2.05) is 19.0 Å². The van der Waals surface area contributed by atoms with Gasteiger partial charge in [-0.05, 0) is 38.4 Å². The SMILES string of the molecule is CN(C)CC(O)CNC(=O)c1cc(-c2ccc(Cl)cc2)on1. The smallest absolute Gasteiger partial charge is 0.273 e. The van der Waals surface area contributed by atoms with Crippen LogP contribution in [0, 0.1) is 0 Å². The average molecular weight is 324 g/mol. The quantitative estimate of drug-likeness (QED) is 0.845. The van der Waals surface area contributed by atoms with Crippen LogP contribution >= 0.6 is 11.6 Å². The number of nitrogens with zero attached hydrogens (tertiary/aromatic N) is 2. The molecule has 2 N–H and O–H groups in total. The largest absolute Gasteiger partial charge is 0.390 e. The van der Waals surface area contributed by atoms with Crippen molar-refractivity contribution >= 4 is 17.5 Å². The maximum Gasteiger partial charge on any atom is 0.273 e. The van der Waals surface area contributed by atoms with Crippen molar-refractivity contribution in [1.29, 1.82) is 0 Å². The van der Waals surface area contributed by atoms with E-state index in [2.05, 4.69) is 10.5 Å². The number of aliphatic hydroxyl groups is 1. The van der Waals surface area contributed by atoms with Crippen molar-refractivity contribution in [2.45, 2.75) is 6.10 Å². The maximum absolute atomic E-state index is 12.0. The summed E-state index contributed by atoms with van der Waals surface area (Å²) in [5, 5.41) is 16.7. The molecule has 1 aromatic carbocycles. The summed E-state index contributed by atoms with van der Waals surface area (Å²) in [7, 11) is 3.70. The van der Waals surface area contributed by atoms with Crippen molar-refractivity contribution < 1.29 is 14.4 Å². The first kappa shape index (κ1) is 16.5. The van der Waals surface area contributed by atoms with E-state index in [1.54, 1.807) is 30.3 Å². The number of amides is 1. The number of halogens is 1. The third-order valence-corrected chi connectivity index (χ3v) is 3.20. The van der Waals surface area contributed by atoms with Gasteiger partial charge in [0, 0.05) is 29.7 Å². The predicted octanol–water partition coefficient (Wildman–Crippen LogP) is 1.65. The third kappa shape index (κ3) is 4.56. The summed E-state index contributed by atoms with van der Waals surface area (Å²) in [5.74, 6) is 0.0948. The van der Waals surface area contributed by atoms with Gasteiger partial charge >= 0.3 is 0 Å². The first-order valence-electron chi connectivity index (χ1n) is 6.79. The van der Waals surface area contributed by atoms with Crippen LogP contribution in [0.2, 0.25) is 5.02 Å². The lowest BCUT2D eigenvalue weighted by molar-refractivity contribution is 0.0884. The molecule has 1 atom stereocenters. The number of aliphatic hydroxyl groups excluding tert-OH is 1. The highest BCUT2D eigenvalue weighted by Gasteiger charge is 2.15. The van der Waals surface area contributed by atoms with E-state index in [1.165, 1.54) is 0 Å². The van der Waals surface area contributed by atoms with Crippen LogP contribution in [0.1, 0.15) is 10.5 Å². The lowest BCUT2D eigenvalue weighted by Gasteiger charge is -2.15. The van der Waals surface area contributed by atoms with Crippen molar-refractivity contribution in [3.05, 3.63) is 41.0 Å². The van der Waals surface area contributed by atoms with E-state index in [4.69, 9.17) is 16.1 Å². The minimum atomic E-state index is -0.637. The maximum atomic E-state index is 12.0. The first-order valence-corrected chi connectivity index (χ1v) is 7.17. The number of benzene rings is 1. The number of aromatic nitrogens is 1. The van der Waals surface area contributed by atoms with Gasteiger partial charge in [-0.1, -0.05) is 16.8 Å². The van der Waals surface area contributed by atoms with Crippen LogP contribution in [0.4, 0.5) is 0 Å². The summed E-state index contributed by atoms with van der Waals surface area (Å²) in [6.07, 6.45) is -0.637. The number of likely N-dealkylation sites (N-methyl/N-ethyl adjacent to an activating group) is 1. The molecule has 1 unspecified atom stereocenters. The molecule has 0 saturated heterocycles. The topological polar surface area (TPSA) is 78.6 Å². The summed E-state index contributed by atoms with van der Waals surface area (Å²) >= 11 is 5.82. The highest BCUT2D eigenvalue weighted by Crippen LogP contribution is 2.22. The van der Waals surface area contributed by atoms with E-state index in [9.17, 15) is 9.90 Å². The van der Waals surface area contributed by atoms with Gasteiger partial charge in [-0.25, -0.2) is 0 Å². The van der Waals surface area contributed by atoms with Crippen molar-refractivity contribution in [2.75, 3.05) is 27.2 Å². The minimum absolute atomic E-state index is 0.153. The second-order valence-corrected chi connectivity index (χ2v) is 5.65. The molecule has 1 heterocycles. The molecule has 0 bridgehead atoms. The summed E-state index contributed by atoms with van der Waals surface area (Å²) in [6, 6.07) is 8.58. The number of nitrogens with one attached hydrogen (secondary N) is 1. The Kier molecular flexibility index (Phi) is 5.54. The fraction of sp³-hybridized carbons (Fsp3) is 0.333. The Morgan fingerprint density at radius 1 is 1.41 bits per heavy atom. The van der Waals surface area contributed by atoms with Crippen LogP contribution < -0.4 is 5.32 Å². The molecule has 2 aromatic rings. The Morgan fingerprint density at radius 3 is 2.73 bits per heavy atom. The Hall–Kier alpha value is -1.89. The van der Waals surface area contributed by atoms with E-state index >= 15 is 0 Å². The van der Waals surface area contributed by atoms with Gasteiger partial charge in [0.05, 0.1) is 6.10 Å². The van der Waals surface area contributed by atoms with Crippen LogP contribution in [0.3, 0.4) is 0 Å². The first-order chi connectivity index (χ1) is 10.5. The summed E-state index contributed by atoms with van der Waals surface area (Å²) in [5.41, 5.74) is 0.950. The number of carbonyl (C=O) groups is 1. The fourth-order valence-electron chi connectivity index (χ4n) is 1.92. The number of hydrogen-bond donors (Lipinski definition) is 2. The van der Waals surface area contributed by atoms with Crippen LogP contribution in [0.5, 0.6) is 0 Å². The molecular formula is C15H18ClN3O3. The predicted molar refractivity (Wildman–Crippen MR) is 83.8 cm³/mol. The number of rotatable bonds is 6. The van der Waals surface area contributed by atoms with Crippen LogP contribution in [0.15, 0.2) is 34.9 Å². The van der Waals surface area contributed by atoms with Crippen molar-refractivity contribution in [3.63, 3.8) is 0 Å². The molecule has 0 aliphatic rings. The molecule has 1 aromatic heterocycles. The molecule has 118 valence electrons. The zero-order chi connectivity index (χ0) is 16.1. The minimum Gasteiger partial charge on any atom is -0.390 e. The molecule has 0 spiro atoms. The standard InChI is InChI=1S/C15H18ClN3O3/c1-19(2)9-12(20)8-17-15(21)13-7-14(22-18-13)10-3-5-11(16)6-4-10/h3-7,12,20H,8-9H2,1-2H3,(H,17,21). The van der Waals surface area contributed by atoms with Crippen LogP contribution in [-0.2, 0) is 0 Å². The summed E-state index contributed by atoms with van der Waals surface area (Å²) in [6.45, 7) is 0.620. The van der Waals surface area contributed by atoms with Crippen LogP contribution in [0.25, 0.3) is 11.3 Å². The van der Waals surface area contributed by atoms with Crippen molar-refractivity contribution in [1.82, 2.24) is 15.4 Å². The molecule has 0 aliphatic heterocycles.